The van der Waals surface area contributed by atoms with Crippen LogP contribution in [0, 0.1) is 5.92 Å². The molecular weight excluding hydrogens is 438 g/mol. The van der Waals surface area contributed by atoms with Crippen LogP contribution in [0.3, 0.4) is 0 Å². The first kappa shape index (κ1) is 23.2. The number of nitrogens with zero attached hydrogens (tertiary/aromatic N) is 1. The SMILES string of the molecule is CC(=O)N1CCCc2cc(S(=O)(=O)N[C@H](C(=O)Nc3ccc(Cl)cc3)C(C)C)ccc21. The number of hydrogen-bond acceptors (Lipinski definition) is 4. The maximum absolute atomic E-state index is 13.1. The Hall–Kier alpha value is -2.42. The number of fused-ring (bicyclic) bond motifs is 1. The molecule has 0 unspecified atom stereocenters. The van der Waals surface area contributed by atoms with E-state index in [1.54, 1.807) is 55.1 Å². The number of amides is 2. The van der Waals surface area contributed by atoms with Gasteiger partial charge in [-0.25, -0.2) is 8.42 Å². The fourth-order valence-electron chi connectivity index (χ4n) is 3.55. The smallest absolute Gasteiger partial charge is 0.242 e. The van der Waals surface area contributed by atoms with Crippen LogP contribution < -0.4 is 14.9 Å². The molecule has 0 aromatic heterocycles. The van der Waals surface area contributed by atoms with Gasteiger partial charge in [0.05, 0.1) is 4.90 Å². The molecule has 0 saturated carbocycles. The summed E-state index contributed by atoms with van der Waals surface area (Å²) in [4.78, 5) is 26.4. The first-order valence-corrected chi connectivity index (χ1v) is 11.9. The van der Waals surface area contributed by atoms with Crippen LogP contribution in [0.25, 0.3) is 0 Å². The van der Waals surface area contributed by atoms with Gasteiger partial charge in [-0.1, -0.05) is 25.4 Å². The van der Waals surface area contributed by atoms with Crippen LogP contribution in [0.5, 0.6) is 0 Å². The summed E-state index contributed by atoms with van der Waals surface area (Å²) in [5.41, 5.74) is 2.06. The van der Waals surface area contributed by atoms with E-state index in [4.69, 9.17) is 11.6 Å². The minimum absolute atomic E-state index is 0.0709. The van der Waals surface area contributed by atoms with Crippen LogP contribution >= 0.6 is 11.6 Å². The molecule has 9 heteroatoms. The van der Waals surface area contributed by atoms with E-state index in [-0.39, 0.29) is 16.7 Å². The molecule has 0 bridgehead atoms. The number of halogens is 1. The third kappa shape index (κ3) is 5.44. The largest absolute Gasteiger partial charge is 0.325 e. The Morgan fingerprint density at radius 1 is 1.10 bits per heavy atom. The second-order valence-corrected chi connectivity index (χ2v) is 10.1. The highest BCUT2D eigenvalue weighted by Gasteiger charge is 2.30. The van der Waals surface area contributed by atoms with Gasteiger partial charge in [-0.3, -0.25) is 9.59 Å². The van der Waals surface area contributed by atoms with Gasteiger partial charge in [0, 0.05) is 29.9 Å². The Kier molecular flexibility index (Phi) is 7.03. The number of benzene rings is 2. The lowest BCUT2D eigenvalue weighted by atomic mass is 10.0. The Labute approximate surface area is 187 Å². The molecule has 7 nitrogen and oxygen atoms in total. The van der Waals surface area contributed by atoms with E-state index in [1.807, 2.05) is 0 Å². The average molecular weight is 464 g/mol. The molecule has 0 radical (unpaired) electrons. The topological polar surface area (TPSA) is 95.6 Å². The summed E-state index contributed by atoms with van der Waals surface area (Å²) in [5, 5.41) is 3.26. The number of nitrogens with one attached hydrogen (secondary N) is 2. The molecule has 1 atom stereocenters. The van der Waals surface area contributed by atoms with Gasteiger partial charge in [-0.2, -0.15) is 4.72 Å². The fraction of sp³-hybridized carbons (Fsp3) is 0.364. The fourth-order valence-corrected chi connectivity index (χ4v) is 5.07. The highest BCUT2D eigenvalue weighted by molar-refractivity contribution is 7.89. The van der Waals surface area contributed by atoms with E-state index in [0.29, 0.717) is 23.7 Å². The number of anilines is 2. The van der Waals surface area contributed by atoms with Crippen molar-refractivity contribution in [1.82, 2.24) is 4.72 Å². The Morgan fingerprint density at radius 3 is 2.39 bits per heavy atom. The molecule has 3 rings (SSSR count). The predicted octanol–water partition coefficient (Wildman–Crippen LogP) is 3.58. The number of sulfonamides is 1. The summed E-state index contributed by atoms with van der Waals surface area (Å²) in [6, 6.07) is 10.3. The van der Waals surface area contributed by atoms with Crippen molar-refractivity contribution in [3.63, 3.8) is 0 Å². The number of carbonyl (C=O) groups excluding carboxylic acids is 2. The molecule has 0 spiro atoms. The zero-order chi connectivity index (χ0) is 22.8. The van der Waals surface area contributed by atoms with Crippen LogP contribution in [0.4, 0.5) is 11.4 Å². The van der Waals surface area contributed by atoms with E-state index in [9.17, 15) is 18.0 Å². The summed E-state index contributed by atoms with van der Waals surface area (Å²) < 4.78 is 28.7. The Bertz CT molecular complexity index is 1080. The highest BCUT2D eigenvalue weighted by atomic mass is 35.5. The lowest BCUT2D eigenvalue weighted by Gasteiger charge is -2.29. The van der Waals surface area contributed by atoms with Gasteiger partial charge in [0.1, 0.15) is 6.04 Å². The van der Waals surface area contributed by atoms with Gasteiger partial charge < -0.3 is 10.2 Å². The van der Waals surface area contributed by atoms with Crippen molar-refractivity contribution < 1.29 is 18.0 Å². The normalized spacial score (nSPS) is 14.8. The molecule has 2 aromatic carbocycles. The molecule has 31 heavy (non-hydrogen) atoms. The van der Waals surface area contributed by atoms with E-state index in [0.717, 1.165) is 17.7 Å². The van der Waals surface area contributed by atoms with Gasteiger partial charge in [0.2, 0.25) is 21.8 Å². The molecule has 166 valence electrons. The molecule has 1 aliphatic heterocycles. The third-order valence-corrected chi connectivity index (χ3v) is 6.89. The number of carbonyl (C=O) groups is 2. The van der Waals surface area contributed by atoms with Crippen LogP contribution in [-0.2, 0) is 26.0 Å². The standard InChI is InChI=1S/C22H26ClN3O4S/c1-14(2)21(22(28)24-18-8-6-17(23)7-9-18)25-31(29,30)19-10-11-20-16(13-19)5-4-12-26(20)15(3)27/h6-11,13-14,21,25H,4-5,12H2,1-3H3,(H,24,28)/t21-/m0/s1. The van der Waals surface area contributed by atoms with Crippen molar-refractivity contribution in [2.45, 2.75) is 44.6 Å². The lowest BCUT2D eigenvalue weighted by Crippen LogP contribution is -2.47. The van der Waals surface area contributed by atoms with Crippen molar-refractivity contribution in [3.8, 4) is 0 Å². The zero-order valence-electron chi connectivity index (χ0n) is 17.7. The third-order valence-electron chi connectivity index (χ3n) is 5.20. The monoisotopic (exact) mass is 463 g/mol. The Morgan fingerprint density at radius 2 is 1.77 bits per heavy atom. The lowest BCUT2D eigenvalue weighted by molar-refractivity contribution is -0.118. The zero-order valence-corrected chi connectivity index (χ0v) is 19.3. The molecule has 0 fully saturated rings. The van der Waals surface area contributed by atoms with Gasteiger partial charge in [0.25, 0.3) is 0 Å². The summed E-state index contributed by atoms with van der Waals surface area (Å²) in [6.07, 6.45) is 1.45. The van der Waals surface area contributed by atoms with Crippen molar-refractivity contribution in [3.05, 3.63) is 53.1 Å². The molecule has 2 N–H and O–H groups in total. The summed E-state index contributed by atoms with van der Waals surface area (Å²) in [6.45, 7) is 5.65. The van der Waals surface area contributed by atoms with Crippen molar-refractivity contribution in [1.29, 1.82) is 0 Å². The van der Waals surface area contributed by atoms with Crippen LogP contribution in [0.15, 0.2) is 47.4 Å². The molecular formula is C22H26ClN3O4S. The van der Waals surface area contributed by atoms with Crippen LogP contribution in [0.2, 0.25) is 5.02 Å². The molecule has 2 aromatic rings. The van der Waals surface area contributed by atoms with Gasteiger partial charge in [0.15, 0.2) is 0 Å². The van der Waals surface area contributed by atoms with Gasteiger partial charge >= 0.3 is 0 Å². The van der Waals surface area contributed by atoms with Crippen molar-refractivity contribution in [2.24, 2.45) is 5.92 Å². The first-order valence-electron chi connectivity index (χ1n) is 10.1. The molecule has 1 heterocycles. The summed E-state index contributed by atoms with van der Waals surface area (Å²) in [5.74, 6) is -0.817. The van der Waals surface area contributed by atoms with E-state index in [2.05, 4.69) is 10.0 Å². The first-order chi connectivity index (χ1) is 14.6. The van der Waals surface area contributed by atoms with Gasteiger partial charge in [-0.15, -0.1) is 0 Å². The number of hydrogen-bond donors (Lipinski definition) is 2. The average Bonchev–Trinajstić information content (AvgIpc) is 2.72. The van der Waals surface area contributed by atoms with Gasteiger partial charge in [-0.05, 0) is 66.8 Å². The van der Waals surface area contributed by atoms with E-state index in [1.165, 1.54) is 13.0 Å². The van der Waals surface area contributed by atoms with Crippen LogP contribution in [-0.4, -0.2) is 32.8 Å². The molecule has 0 saturated heterocycles. The van der Waals surface area contributed by atoms with E-state index < -0.39 is 22.0 Å². The second kappa shape index (κ2) is 9.38. The number of aryl methyl sites for hydroxylation is 1. The summed E-state index contributed by atoms with van der Waals surface area (Å²) in [7, 11) is -3.96. The Balaban J connectivity index is 1.82. The minimum Gasteiger partial charge on any atom is -0.325 e. The highest BCUT2D eigenvalue weighted by Crippen LogP contribution is 2.29. The summed E-state index contributed by atoms with van der Waals surface area (Å²) >= 11 is 5.87. The minimum atomic E-state index is -3.96. The number of rotatable bonds is 6. The quantitative estimate of drug-likeness (QED) is 0.684. The van der Waals surface area contributed by atoms with Crippen molar-refractivity contribution in [2.75, 3.05) is 16.8 Å². The van der Waals surface area contributed by atoms with E-state index >= 15 is 0 Å². The molecule has 1 aliphatic rings. The second-order valence-electron chi connectivity index (χ2n) is 7.90. The predicted molar refractivity (Wildman–Crippen MR) is 122 cm³/mol. The molecule has 0 aliphatic carbocycles. The van der Waals surface area contributed by atoms with Crippen molar-refractivity contribution >= 4 is 44.8 Å². The maximum atomic E-state index is 13.1. The maximum Gasteiger partial charge on any atom is 0.242 e. The van der Waals surface area contributed by atoms with Crippen LogP contribution in [0.1, 0.15) is 32.8 Å². The molecule has 2 amide bonds.